The van der Waals surface area contributed by atoms with Crippen LogP contribution in [-0.2, 0) is 20.8 Å². The summed E-state index contributed by atoms with van der Waals surface area (Å²) in [5, 5.41) is 2.92. The van der Waals surface area contributed by atoms with Crippen molar-refractivity contribution in [2.24, 2.45) is 5.92 Å². The van der Waals surface area contributed by atoms with Crippen molar-refractivity contribution in [3.05, 3.63) is 77.9 Å². The van der Waals surface area contributed by atoms with Gasteiger partial charge in [0.2, 0.25) is 11.8 Å². The van der Waals surface area contributed by atoms with E-state index < -0.39 is 6.04 Å². The maximum Gasteiger partial charge on any atom is 0.246 e. The highest BCUT2D eigenvalue weighted by Crippen LogP contribution is 2.18. The first-order valence-corrected chi connectivity index (χ1v) is 10.4. The van der Waals surface area contributed by atoms with Crippen LogP contribution in [0.1, 0.15) is 30.9 Å². The number of Topliss-reactive ketones (excluding diaryl/α,β-unsaturated/α-hetero) is 1. The summed E-state index contributed by atoms with van der Waals surface area (Å²) in [5.41, 5.74) is 2.00. The first kappa shape index (κ1) is 21.5. The zero-order valence-electron chi connectivity index (χ0n) is 17.3. The van der Waals surface area contributed by atoms with E-state index in [0.29, 0.717) is 32.4 Å². The van der Waals surface area contributed by atoms with Crippen LogP contribution < -0.4 is 5.32 Å². The molecule has 0 spiro atoms. The number of piperidine rings is 1. The number of ketones is 1. The Labute approximate surface area is 177 Å². The molecule has 3 rings (SSSR count). The van der Waals surface area contributed by atoms with E-state index in [-0.39, 0.29) is 23.5 Å². The van der Waals surface area contributed by atoms with Crippen molar-refractivity contribution in [2.75, 3.05) is 13.1 Å². The first-order valence-electron chi connectivity index (χ1n) is 10.4. The van der Waals surface area contributed by atoms with Crippen molar-refractivity contribution < 1.29 is 14.4 Å². The fraction of sp³-hybridized carbons (Fsp3) is 0.320. The van der Waals surface area contributed by atoms with Crippen LogP contribution in [0.4, 0.5) is 0 Å². The Morgan fingerprint density at radius 1 is 1.00 bits per heavy atom. The Morgan fingerprint density at radius 2 is 1.60 bits per heavy atom. The summed E-state index contributed by atoms with van der Waals surface area (Å²) in [6.07, 6.45) is 5.09. The van der Waals surface area contributed by atoms with Gasteiger partial charge in [-0.05, 0) is 43.4 Å². The number of likely N-dealkylation sites (tertiary alicyclic amines) is 1. The molecule has 0 saturated carbocycles. The van der Waals surface area contributed by atoms with Crippen LogP contribution >= 0.6 is 0 Å². The third-order valence-electron chi connectivity index (χ3n) is 5.49. The van der Waals surface area contributed by atoms with E-state index in [1.807, 2.05) is 66.7 Å². The highest BCUT2D eigenvalue weighted by Gasteiger charge is 2.28. The zero-order chi connectivity index (χ0) is 21.3. The highest BCUT2D eigenvalue weighted by molar-refractivity contribution is 5.92. The van der Waals surface area contributed by atoms with Crippen LogP contribution in [0.25, 0.3) is 6.08 Å². The van der Waals surface area contributed by atoms with Gasteiger partial charge in [-0.2, -0.15) is 0 Å². The third-order valence-corrected chi connectivity index (χ3v) is 5.49. The fourth-order valence-corrected chi connectivity index (χ4v) is 3.63. The summed E-state index contributed by atoms with van der Waals surface area (Å²) in [4.78, 5) is 38.9. The number of nitrogens with zero attached hydrogens (tertiary/aromatic N) is 1. The Balaban J connectivity index is 1.49. The molecule has 1 saturated heterocycles. The Kier molecular flexibility index (Phi) is 7.55. The van der Waals surface area contributed by atoms with E-state index in [0.717, 1.165) is 11.1 Å². The standard InChI is InChI=1S/C25H28N2O3/c1-19(28)23(18-21-10-6-3-7-11-21)26-25(30)22-14-16-27(17-15-22)24(29)13-12-20-8-4-2-5-9-20/h2-13,22-23H,14-18H2,1H3,(H,26,30). The van der Waals surface area contributed by atoms with Gasteiger partial charge in [0, 0.05) is 25.1 Å². The molecule has 5 heteroatoms. The predicted octanol–water partition coefficient (Wildman–Crippen LogP) is 3.25. The van der Waals surface area contributed by atoms with E-state index in [9.17, 15) is 14.4 Å². The highest BCUT2D eigenvalue weighted by atomic mass is 16.2. The van der Waals surface area contributed by atoms with Gasteiger partial charge in [0.25, 0.3) is 0 Å². The second-order valence-electron chi connectivity index (χ2n) is 7.71. The smallest absolute Gasteiger partial charge is 0.246 e. The molecule has 1 fully saturated rings. The molecule has 2 amide bonds. The molecule has 2 aromatic carbocycles. The predicted molar refractivity (Wildman–Crippen MR) is 118 cm³/mol. The zero-order valence-corrected chi connectivity index (χ0v) is 17.3. The Bertz CT molecular complexity index is 885. The molecule has 30 heavy (non-hydrogen) atoms. The number of hydrogen-bond donors (Lipinski definition) is 1. The van der Waals surface area contributed by atoms with Crippen molar-refractivity contribution in [2.45, 2.75) is 32.2 Å². The lowest BCUT2D eigenvalue weighted by molar-refractivity contribution is -0.133. The van der Waals surface area contributed by atoms with Crippen LogP contribution in [0.15, 0.2) is 66.7 Å². The average molecular weight is 405 g/mol. The number of carbonyl (C=O) groups excluding carboxylic acids is 3. The molecule has 0 bridgehead atoms. The van der Waals surface area contributed by atoms with Crippen molar-refractivity contribution in [1.29, 1.82) is 0 Å². The maximum atomic E-state index is 12.7. The van der Waals surface area contributed by atoms with Crippen molar-refractivity contribution >= 4 is 23.7 Å². The van der Waals surface area contributed by atoms with Gasteiger partial charge >= 0.3 is 0 Å². The van der Waals surface area contributed by atoms with Crippen LogP contribution in [0.3, 0.4) is 0 Å². The molecule has 1 unspecified atom stereocenters. The number of benzene rings is 2. The van der Waals surface area contributed by atoms with Gasteiger partial charge in [0.05, 0.1) is 6.04 Å². The Morgan fingerprint density at radius 3 is 2.20 bits per heavy atom. The van der Waals surface area contributed by atoms with E-state index in [4.69, 9.17) is 0 Å². The Hall–Kier alpha value is -3.21. The van der Waals surface area contributed by atoms with Crippen LogP contribution in [-0.4, -0.2) is 41.6 Å². The average Bonchev–Trinajstić information content (AvgIpc) is 2.78. The number of rotatable bonds is 7. The van der Waals surface area contributed by atoms with Gasteiger partial charge in [-0.1, -0.05) is 60.7 Å². The summed E-state index contributed by atoms with van der Waals surface area (Å²) < 4.78 is 0. The minimum Gasteiger partial charge on any atom is -0.346 e. The van der Waals surface area contributed by atoms with Gasteiger partial charge in [-0.3, -0.25) is 14.4 Å². The molecule has 5 nitrogen and oxygen atoms in total. The summed E-state index contributed by atoms with van der Waals surface area (Å²) in [6.45, 7) is 2.59. The summed E-state index contributed by atoms with van der Waals surface area (Å²) in [7, 11) is 0. The molecule has 1 atom stereocenters. The third kappa shape index (κ3) is 6.14. The van der Waals surface area contributed by atoms with E-state index in [2.05, 4.69) is 5.32 Å². The number of nitrogens with one attached hydrogen (secondary N) is 1. The lowest BCUT2D eigenvalue weighted by Crippen LogP contribution is -2.47. The maximum absolute atomic E-state index is 12.7. The number of amides is 2. The molecular formula is C25H28N2O3. The minimum absolute atomic E-state index is 0.0385. The van der Waals surface area contributed by atoms with E-state index in [1.54, 1.807) is 11.0 Å². The summed E-state index contributed by atoms with van der Waals surface area (Å²) >= 11 is 0. The summed E-state index contributed by atoms with van der Waals surface area (Å²) in [6, 6.07) is 18.8. The lowest BCUT2D eigenvalue weighted by Gasteiger charge is -2.31. The quantitative estimate of drug-likeness (QED) is 0.721. The summed E-state index contributed by atoms with van der Waals surface area (Å²) in [5.74, 6) is -0.364. The van der Waals surface area contributed by atoms with E-state index >= 15 is 0 Å². The molecule has 1 aliphatic rings. The van der Waals surface area contributed by atoms with Gasteiger partial charge in [-0.25, -0.2) is 0 Å². The largest absolute Gasteiger partial charge is 0.346 e. The molecule has 0 aromatic heterocycles. The monoisotopic (exact) mass is 404 g/mol. The normalized spacial score (nSPS) is 15.7. The van der Waals surface area contributed by atoms with Crippen LogP contribution in [0.2, 0.25) is 0 Å². The number of carbonyl (C=O) groups is 3. The van der Waals surface area contributed by atoms with Crippen molar-refractivity contribution in [3.8, 4) is 0 Å². The van der Waals surface area contributed by atoms with Gasteiger partial charge in [-0.15, -0.1) is 0 Å². The van der Waals surface area contributed by atoms with Crippen molar-refractivity contribution in [1.82, 2.24) is 10.2 Å². The molecule has 1 N–H and O–H groups in total. The number of hydrogen-bond acceptors (Lipinski definition) is 3. The fourth-order valence-electron chi connectivity index (χ4n) is 3.63. The van der Waals surface area contributed by atoms with Crippen LogP contribution in [0, 0.1) is 5.92 Å². The van der Waals surface area contributed by atoms with Gasteiger partial charge < -0.3 is 10.2 Å². The molecule has 0 radical (unpaired) electrons. The molecule has 2 aromatic rings. The molecule has 1 heterocycles. The van der Waals surface area contributed by atoms with Crippen LogP contribution in [0.5, 0.6) is 0 Å². The SMILES string of the molecule is CC(=O)C(Cc1ccccc1)NC(=O)C1CCN(C(=O)C=Cc2ccccc2)CC1. The molecule has 1 aliphatic heterocycles. The molecular weight excluding hydrogens is 376 g/mol. The minimum atomic E-state index is -0.520. The van der Waals surface area contributed by atoms with Crippen molar-refractivity contribution in [3.63, 3.8) is 0 Å². The molecule has 0 aliphatic carbocycles. The topological polar surface area (TPSA) is 66.5 Å². The second kappa shape index (κ2) is 10.5. The first-order chi connectivity index (χ1) is 14.5. The lowest BCUT2D eigenvalue weighted by atomic mass is 9.94. The second-order valence-corrected chi connectivity index (χ2v) is 7.71. The van der Waals surface area contributed by atoms with Gasteiger partial charge in [0.1, 0.15) is 0 Å². The van der Waals surface area contributed by atoms with E-state index in [1.165, 1.54) is 6.92 Å². The van der Waals surface area contributed by atoms with Gasteiger partial charge in [0.15, 0.2) is 5.78 Å². The molecule has 156 valence electrons.